The molecule has 0 fully saturated rings. The summed E-state index contributed by atoms with van der Waals surface area (Å²) in [7, 11) is 1.98. The molecule has 0 aromatic carbocycles. The number of aromatic nitrogens is 3. The van der Waals surface area contributed by atoms with Crippen molar-refractivity contribution in [1.82, 2.24) is 14.5 Å². The van der Waals surface area contributed by atoms with Gasteiger partial charge in [-0.3, -0.25) is 4.98 Å². The minimum atomic E-state index is 0.544. The van der Waals surface area contributed by atoms with E-state index in [9.17, 15) is 0 Å². The van der Waals surface area contributed by atoms with Crippen LogP contribution in [-0.2, 0) is 26.4 Å². The molecule has 0 aliphatic heterocycles. The highest BCUT2D eigenvalue weighted by Crippen LogP contribution is 2.09. The molecule has 4 heteroatoms. The van der Waals surface area contributed by atoms with E-state index in [2.05, 4.69) is 9.97 Å². The first-order valence-corrected chi connectivity index (χ1v) is 5.39. The Hall–Kier alpha value is -1.68. The molecule has 0 saturated heterocycles. The van der Waals surface area contributed by atoms with Gasteiger partial charge in [-0.05, 0) is 30.5 Å². The maximum absolute atomic E-state index is 5.69. The Morgan fingerprint density at radius 3 is 2.69 bits per heavy atom. The Kier molecular flexibility index (Phi) is 3.31. The predicted molar refractivity (Wildman–Crippen MR) is 62.7 cm³/mol. The summed E-state index contributed by atoms with van der Waals surface area (Å²) in [6.07, 6.45) is 7.36. The topological polar surface area (TPSA) is 56.7 Å². The van der Waals surface area contributed by atoms with E-state index in [1.807, 2.05) is 42.5 Å². The van der Waals surface area contributed by atoms with E-state index in [0.29, 0.717) is 6.54 Å². The van der Waals surface area contributed by atoms with Crippen LogP contribution in [0, 0.1) is 0 Å². The first-order chi connectivity index (χ1) is 7.81. The van der Waals surface area contributed by atoms with E-state index in [4.69, 9.17) is 5.73 Å². The summed E-state index contributed by atoms with van der Waals surface area (Å²) in [5, 5.41) is 0. The van der Waals surface area contributed by atoms with Crippen molar-refractivity contribution in [2.75, 3.05) is 0 Å². The molecule has 0 aliphatic carbocycles. The van der Waals surface area contributed by atoms with Crippen molar-refractivity contribution in [1.29, 1.82) is 0 Å². The normalized spacial score (nSPS) is 10.6. The Labute approximate surface area is 95.1 Å². The van der Waals surface area contributed by atoms with E-state index in [1.54, 1.807) is 0 Å². The van der Waals surface area contributed by atoms with Crippen LogP contribution in [0.1, 0.15) is 17.0 Å². The average molecular weight is 216 g/mol. The highest BCUT2D eigenvalue weighted by Gasteiger charge is 2.06. The second-order valence-electron chi connectivity index (χ2n) is 3.81. The van der Waals surface area contributed by atoms with Gasteiger partial charge in [-0.1, -0.05) is 0 Å². The molecular weight excluding hydrogens is 200 g/mol. The summed E-state index contributed by atoms with van der Waals surface area (Å²) in [4.78, 5) is 8.37. The number of pyridine rings is 1. The first-order valence-electron chi connectivity index (χ1n) is 5.39. The zero-order valence-electron chi connectivity index (χ0n) is 9.43. The van der Waals surface area contributed by atoms with Crippen molar-refractivity contribution in [3.05, 3.63) is 47.8 Å². The quantitative estimate of drug-likeness (QED) is 0.831. The molecule has 0 amide bonds. The van der Waals surface area contributed by atoms with Gasteiger partial charge in [0.25, 0.3) is 0 Å². The van der Waals surface area contributed by atoms with E-state index in [0.717, 1.165) is 24.2 Å². The zero-order chi connectivity index (χ0) is 11.4. The number of nitrogens with two attached hydrogens (primary N) is 1. The van der Waals surface area contributed by atoms with E-state index < -0.39 is 0 Å². The summed E-state index contributed by atoms with van der Waals surface area (Å²) in [6, 6.07) is 4.07. The highest BCUT2D eigenvalue weighted by molar-refractivity contribution is 5.17. The Balaban J connectivity index is 2.05. The van der Waals surface area contributed by atoms with Gasteiger partial charge in [0.1, 0.15) is 0 Å². The van der Waals surface area contributed by atoms with Crippen molar-refractivity contribution < 1.29 is 0 Å². The van der Waals surface area contributed by atoms with Crippen LogP contribution in [0.25, 0.3) is 0 Å². The van der Waals surface area contributed by atoms with Crippen LogP contribution in [0.15, 0.2) is 30.9 Å². The fraction of sp³-hybridized carbons (Fsp3) is 0.333. The van der Waals surface area contributed by atoms with Crippen LogP contribution >= 0.6 is 0 Å². The van der Waals surface area contributed by atoms with Crippen molar-refractivity contribution in [3.63, 3.8) is 0 Å². The van der Waals surface area contributed by atoms with Crippen LogP contribution in [-0.4, -0.2) is 14.5 Å². The van der Waals surface area contributed by atoms with Gasteiger partial charge >= 0.3 is 0 Å². The van der Waals surface area contributed by atoms with E-state index >= 15 is 0 Å². The molecule has 2 rings (SSSR count). The smallest absolute Gasteiger partial charge is 0.0949 e. The van der Waals surface area contributed by atoms with Gasteiger partial charge in [0.05, 0.1) is 17.7 Å². The molecule has 0 bridgehead atoms. The number of aryl methyl sites for hydroxylation is 3. The number of nitrogens with zero attached hydrogens (tertiary/aromatic N) is 3. The summed E-state index contributed by atoms with van der Waals surface area (Å²) in [5.74, 6) is 0. The molecule has 0 radical (unpaired) electrons. The lowest BCUT2D eigenvalue weighted by Gasteiger charge is -2.03. The second-order valence-corrected chi connectivity index (χ2v) is 3.81. The number of hydrogen-bond donors (Lipinski definition) is 1. The molecule has 84 valence electrons. The first kappa shape index (κ1) is 10.8. The molecule has 0 saturated carbocycles. The third-order valence-electron chi connectivity index (χ3n) is 2.74. The standard InChI is InChI=1S/C12H16N4/c1-16-9-15-11(12(16)8-13)3-2-10-4-6-14-7-5-10/h4-7,9H,2-3,8,13H2,1H3. The lowest BCUT2D eigenvalue weighted by atomic mass is 10.1. The molecule has 4 nitrogen and oxygen atoms in total. The lowest BCUT2D eigenvalue weighted by molar-refractivity contribution is 0.801. The molecule has 0 atom stereocenters. The molecular formula is C12H16N4. The lowest BCUT2D eigenvalue weighted by Crippen LogP contribution is -2.06. The fourth-order valence-corrected chi connectivity index (χ4v) is 1.79. The van der Waals surface area contributed by atoms with Crippen molar-refractivity contribution in [3.8, 4) is 0 Å². The van der Waals surface area contributed by atoms with Crippen LogP contribution in [0.3, 0.4) is 0 Å². The third kappa shape index (κ3) is 2.28. The van der Waals surface area contributed by atoms with Crippen LogP contribution < -0.4 is 5.73 Å². The van der Waals surface area contributed by atoms with Crippen molar-refractivity contribution >= 4 is 0 Å². The van der Waals surface area contributed by atoms with Gasteiger partial charge in [0.15, 0.2) is 0 Å². The molecule has 0 spiro atoms. The summed E-state index contributed by atoms with van der Waals surface area (Å²) in [5.41, 5.74) is 9.19. The van der Waals surface area contributed by atoms with E-state index in [-0.39, 0.29) is 0 Å². The Bertz CT molecular complexity index is 447. The molecule has 2 heterocycles. The largest absolute Gasteiger partial charge is 0.336 e. The maximum atomic E-state index is 5.69. The third-order valence-corrected chi connectivity index (χ3v) is 2.74. The summed E-state index contributed by atoms with van der Waals surface area (Å²) < 4.78 is 1.99. The highest BCUT2D eigenvalue weighted by atomic mass is 15.0. The molecule has 16 heavy (non-hydrogen) atoms. The molecule has 0 unspecified atom stereocenters. The van der Waals surface area contributed by atoms with Gasteiger partial charge < -0.3 is 10.3 Å². The van der Waals surface area contributed by atoms with Crippen molar-refractivity contribution in [2.45, 2.75) is 19.4 Å². The second kappa shape index (κ2) is 4.90. The predicted octanol–water partition coefficient (Wildman–Crippen LogP) is 1.06. The monoisotopic (exact) mass is 216 g/mol. The minimum absolute atomic E-state index is 0.544. The molecule has 0 aliphatic rings. The van der Waals surface area contributed by atoms with Gasteiger partial charge in [-0.2, -0.15) is 0 Å². The molecule has 2 aromatic rings. The summed E-state index contributed by atoms with van der Waals surface area (Å²) in [6.45, 7) is 0.544. The minimum Gasteiger partial charge on any atom is -0.336 e. The Morgan fingerprint density at radius 1 is 1.25 bits per heavy atom. The van der Waals surface area contributed by atoms with Gasteiger partial charge in [0, 0.05) is 26.0 Å². The van der Waals surface area contributed by atoms with Gasteiger partial charge in [-0.15, -0.1) is 0 Å². The molecule has 2 aromatic heterocycles. The fourth-order valence-electron chi connectivity index (χ4n) is 1.79. The van der Waals surface area contributed by atoms with Crippen molar-refractivity contribution in [2.24, 2.45) is 12.8 Å². The zero-order valence-corrected chi connectivity index (χ0v) is 9.43. The van der Waals surface area contributed by atoms with Gasteiger partial charge in [-0.25, -0.2) is 4.98 Å². The van der Waals surface area contributed by atoms with Crippen LogP contribution in [0.2, 0.25) is 0 Å². The number of rotatable bonds is 4. The van der Waals surface area contributed by atoms with Gasteiger partial charge in [0.2, 0.25) is 0 Å². The van der Waals surface area contributed by atoms with Crippen LogP contribution in [0.4, 0.5) is 0 Å². The summed E-state index contributed by atoms with van der Waals surface area (Å²) >= 11 is 0. The number of imidazole rings is 1. The Morgan fingerprint density at radius 2 is 2.00 bits per heavy atom. The van der Waals surface area contributed by atoms with Crippen LogP contribution in [0.5, 0.6) is 0 Å². The van der Waals surface area contributed by atoms with E-state index in [1.165, 1.54) is 5.56 Å². The SMILES string of the molecule is Cn1cnc(CCc2ccncc2)c1CN. The maximum Gasteiger partial charge on any atom is 0.0949 e. The number of hydrogen-bond acceptors (Lipinski definition) is 3. The average Bonchev–Trinajstić information content (AvgIpc) is 2.68. The molecule has 2 N–H and O–H groups in total.